The van der Waals surface area contributed by atoms with Crippen LogP contribution in [0.3, 0.4) is 0 Å². The molecule has 130 valence electrons. The number of methoxy groups -OCH3 is 1. The van der Waals surface area contributed by atoms with E-state index in [0.29, 0.717) is 4.80 Å². The Labute approximate surface area is 157 Å². The molecule has 3 rings (SSSR count). The van der Waals surface area contributed by atoms with E-state index in [4.69, 9.17) is 4.74 Å². The third-order valence-electron chi connectivity index (χ3n) is 3.53. The van der Waals surface area contributed by atoms with Gasteiger partial charge in [0.25, 0.3) is 5.91 Å². The zero-order valence-electron chi connectivity index (χ0n) is 13.7. The Morgan fingerprint density at radius 1 is 1.32 bits per heavy atom. The maximum Gasteiger partial charge on any atom is 0.325 e. The number of hydrogen-bond donors (Lipinski definition) is 0. The molecule has 0 saturated carbocycles. The van der Waals surface area contributed by atoms with Crippen molar-refractivity contribution in [3.05, 3.63) is 45.4 Å². The minimum absolute atomic E-state index is 0.0280. The van der Waals surface area contributed by atoms with Crippen molar-refractivity contribution in [3.8, 4) is 0 Å². The van der Waals surface area contributed by atoms with E-state index in [0.717, 1.165) is 20.0 Å². The topological polar surface area (TPSA) is 60.7 Å². The van der Waals surface area contributed by atoms with Gasteiger partial charge in [-0.1, -0.05) is 17.4 Å². The predicted molar refractivity (Wildman–Crippen MR) is 102 cm³/mol. The quantitative estimate of drug-likeness (QED) is 0.494. The Morgan fingerprint density at radius 3 is 2.84 bits per heavy atom. The maximum absolute atomic E-state index is 12.3. The molecule has 0 spiro atoms. The van der Waals surface area contributed by atoms with Gasteiger partial charge in [-0.05, 0) is 35.9 Å². The first-order valence-corrected chi connectivity index (χ1v) is 10.4. The zero-order valence-corrected chi connectivity index (χ0v) is 16.2. The number of thiazole rings is 1. The number of rotatable bonds is 5. The molecule has 1 amide bonds. The molecule has 0 saturated heterocycles. The van der Waals surface area contributed by atoms with Crippen molar-refractivity contribution in [2.24, 2.45) is 4.99 Å². The van der Waals surface area contributed by atoms with Crippen LogP contribution in [0, 0.1) is 0 Å². The minimum Gasteiger partial charge on any atom is -0.468 e. The van der Waals surface area contributed by atoms with Gasteiger partial charge in [-0.2, -0.15) is 4.99 Å². The highest BCUT2D eigenvalue weighted by molar-refractivity contribution is 7.98. The van der Waals surface area contributed by atoms with Gasteiger partial charge in [0.05, 0.1) is 23.7 Å². The summed E-state index contributed by atoms with van der Waals surface area (Å²) < 4.78 is 7.50. The number of fused-ring (bicyclic) bond motifs is 1. The fourth-order valence-corrected chi connectivity index (χ4v) is 4.62. The summed E-state index contributed by atoms with van der Waals surface area (Å²) in [7, 11) is 1.35. The molecule has 0 unspecified atom stereocenters. The summed E-state index contributed by atoms with van der Waals surface area (Å²) in [6, 6.07) is 9.81. The number of benzene rings is 1. The first-order valence-electron chi connectivity index (χ1n) is 7.45. The molecule has 0 N–H and O–H groups in total. The van der Waals surface area contributed by atoms with Crippen LogP contribution in [-0.4, -0.2) is 29.8 Å². The molecule has 3 aromatic rings. The average molecular weight is 393 g/mol. The Balaban J connectivity index is 2.04. The number of thiophene rings is 1. The van der Waals surface area contributed by atoms with Gasteiger partial charge in [-0.15, -0.1) is 23.1 Å². The van der Waals surface area contributed by atoms with Crippen molar-refractivity contribution < 1.29 is 14.3 Å². The van der Waals surface area contributed by atoms with Crippen LogP contribution in [0.1, 0.15) is 4.88 Å². The molecule has 25 heavy (non-hydrogen) atoms. The molecule has 8 heteroatoms. The number of hydrogen-bond acceptors (Lipinski definition) is 6. The summed E-state index contributed by atoms with van der Waals surface area (Å²) >= 11 is 4.58. The normalized spacial score (nSPS) is 11.8. The first kappa shape index (κ1) is 17.9. The molecule has 5 nitrogen and oxygen atoms in total. The lowest BCUT2D eigenvalue weighted by Gasteiger charge is -2.04. The highest BCUT2D eigenvalue weighted by atomic mass is 32.2. The molecule has 0 aliphatic rings. The van der Waals surface area contributed by atoms with E-state index < -0.39 is 0 Å². The maximum atomic E-state index is 12.3. The van der Waals surface area contributed by atoms with Gasteiger partial charge in [0, 0.05) is 9.77 Å². The van der Waals surface area contributed by atoms with E-state index >= 15 is 0 Å². The van der Waals surface area contributed by atoms with Crippen LogP contribution >= 0.6 is 34.4 Å². The number of amides is 1. The van der Waals surface area contributed by atoms with Gasteiger partial charge in [0.15, 0.2) is 4.80 Å². The SMILES string of the molecule is COC(=O)Cn1c(=NC(=O)Cc2cccs2)sc2cc(SC)ccc21. The molecule has 0 atom stereocenters. The van der Waals surface area contributed by atoms with Crippen LogP contribution in [0.4, 0.5) is 0 Å². The molecular weight excluding hydrogens is 376 g/mol. The van der Waals surface area contributed by atoms with E-state index in [1.807, 2.05) is 42.0 Å². The van der Waals surface area contributed by atoms with Gasteiger partial charge in [-0.3, -0.25) is 9.59 Å². The highest BCUT2D eigenvalue weighted by Crippen LogP contribution is 2.24. The number of thioether (sulfide) groups is 1. The first-order chi connectivity index (χ1) is 12.1. The lowest BCUT2D eigenvalue weighted by molar-refractivity contribution is -0.141. The number of ether oxygens (including phenoxy) is 1. The van der Waals surface area contributed by atoms with E-state index in [1.54, 1.807) is 16.3 Å². The molecular formula is C17H16N2O3S3. The van der Waals surface area contributed by atoms with Crippen molar-refractivity contribution in [1.82, 2.24) is 4.57 Å². The van der Waals surface area contributed by atoms with Crippen molar-refractivity contribution in [2.45, 2.75) is 17.9 Å². The number of nitrogens with zero attached hydrogens (tertiary/aromatic N) is 2. The van der Waals surface area contributed by atoms with E-state index in [-0.39, 0.29) is 24.8 Å². The van der Waals surface area contributed by atoms with Gasteiger partial charge in [0.1, 0.15) is 6.54 Å². The van der Waals surface area contributed by atoms with E-state index in [2.05, 4.69) is 4.99 Å². The molecule has 2 aromatic heterocycles. The Kier molecular flexibility index (Phi) is 5.72. The van der Waals surface area contributed by atoms with Crippen LogP contribution < -0.4 is 4.80 Å². The van der Waals surface area contributed by atoms with Gasteiger partial charge >= 0.3 is 5.97 Å². The van der Waals surface area contributed by atoms with Crippen LogP contribution in [0.2, 0.25) is 0 Å². The third kappa shape index (κ3) is 4.20. The van der Waals surface area contributed by atoms with Crippen molar-refractivity contribution in [2.75, 3.05) is 13.4 Å². The largest absolute Gasteiger partial charge is 0.468 e. The third-order valence-corrected chi connectivity index (χ3v) is 6.17. The monoisotopic (exact) mass is 392 g/mol. The summed E-state index contributed by atoms with van der Waals surface area (Å²) in [5.74, 6) is -0.599. The van der Waals surface area contributed by atoms with Gasteiger partial charge < -0.3 is 9.30 Å². The number of carbonyl (C=O) groups excluding carboxylic acids is 2. The van der Waals surface area contributed by atoms with Crippen molar-refractivity contribution in [1.29, 1.82) is 0 Å². The Morgan fingerprint density at radius 2 is 2.16 bits per heavy atom. The molecule has 2 heterocycles. The number of carbonyl (C=O) groups is 2. The van der Waals surface area contributed by atoms with Crippen LogP contribution in [0.25, 0.3) is 10.2 Å². The second-order valence-corrected chi connectivity index (χ2v) is 8.06. The molecule has 0 fully saturated rings. The summed E-state index contributed by atoms with van der Waals surface area (Å²) in [4.78, 5) is 30.9. The second kappa shape index (κ2) is 7.99. The smallest absolute Gasteiger partial charge is 0.325 e. The van der Waals surface area contributed by atoms with Gasteiger partial charge in [0.2, 0.25) is 0 Å². The van der Waals surface area contributed by atoms with Crippen LogP contribution in [0.5, 0.6) is 0 Å². The fourth-order valence-electron chi connectivity index (χ4n) is 2.32. The summed E-state index contributed by atoms with van der Waals surface area (Å²) in [5, 5.41) is 1.93. The van der Waals surface area contributed by atoms with Gasteiger partial charge in [-0.25, -0.2) is 0 Å². The lowest BCUT2D eigenvalue weighted by atomic mass is 10.3. The summed E-state index contributed by atoms with van der Waals surface area (Å²) in [6.07, 6.45) is 2.27. The molecule has 0 aliphatic heterocycles. The average Bonchev–Trinajstić information content (AvgIpc) is 3.22. The van der Waals surface area contributed by atoms with Crippen molar-refractivity contribution in [3.63, 3.8) is 0 Å². The van der Waals surface area contributed by atoms with E-state index in [1.165, 1.54) is 29.8 Å². The van der Waals surface area contributed by atoms with Crippen LogP contribution in [0.15, 0.2) is 45.6 Å². The lowest BCUT2D eigenvalue weighted by Crippen LogP contribution is -2.22. The Bertz CT molecular complexity index is 971. The second-order valence-electron chi connectivity index (χ2n) is 5.14. The number of esters is 1. The molecule has 0 bridgehead atoms. The van der Waals surface area contributed by atoms with Crippen LogP contribution in [-0.2, 0) is 27.3 Å². The zero-order chi connectivity index (χ0) is 17.8. The molecule has 1 aromatic carbocycles. The fraction of sp³-hybridized carbons (Fsp3) is 0.235. The summed E-state index contributed by atoms with van der Waals surface area (Å²) in [5.41, 5.74) is 0.871. The highest BCUT2D eigenvalue weighted by Gasteiger charge is 2.12. The van der Waals surface area contributed by atoms with E-state index in [9.17, 15) is 9.59 Å². The minimum atomic E-state index is -0.374. The standard InChI is InChI=1S/C17H16N2O3S3/c1-22-16(21)10-19-13-6-5-11(23-2)8-14(13)25-17(19)18-15(20)9-12-4-3-7-24-12/h3-8H,9-10H2,1-2H3. The van der Waals surface area contributed by atoms with Crippen molar-refractivity contribution >= 4 is 56.5 Å². The number of aromatic nitrogens is 1. The molecule has 0 aliphatic carbocycles. The summed E-state index contributed by atoms with van der Waals surface area (Å²) in [6.45, 7) is 0.0280. The Hall–Kier alpha value is -1.90. The molecule has 0 radical (unpaired) electrons. The predicted octanol–water partition coefficient (Wildman–Crippen LogP) is 3.33.